The highest BCUT2D eigenvalue weighted by molar-refractivity contribution is 5.74. The number of alkyl halides is 1. The first kappa shape index (κ1) is 19.9. The van der Waals surface area contributed by atoms with E-state index in [0.717, 1.165) is 36.0 Å². The predicted octanol–water partition coefficient (Wildman–Crippen LogP) is 4.22. The maximum absolute atomic E-state index is 14.7. The molecule has 1 aromatic carbocycles. The van der Waals surface area contributed by atoms with Crippen molar-refractivity contribution in [3.05, 3.63) is 54.4 Å². The minimum absolute atomic E-state index is 0.108. The fourth-order valence-electron chi connectivity index (χ4n) is 4.60. The third kappa shape index (κ3) is 4.10. The summed E-state index contributed by atoms with van der Waals surface area (Å²) < 4.78 is 20.6. The number of pyridine rings is 1. The Balaban J connectivity index is 1.32. The molecule has 4 heterocycles. The third-order valence-corrected chi connectivity index (χ3v) is 6.17. The van der Waals surface area contributed by atoms with Crippen LogP contribution < -0.4 is 10.1 Å². The number of hydrogen-bond acceptors (Lipinski definition) is 6. The Hall–Kier alpha value is -3.06. The van der Waals surface area contributed by atoms with Gasteiger partial charge in [-0.2, -0.15) is 0 Å². The maximum Gasteiger partial charge on any atom is 0.233 e. The van der Waals surface area contributed by atoms with Gasteiger partial charge in [-0.05, 0) is 55.2 Å². The standard InChI is InChI=1S/C24H25FN4O2/c1-14-9-16(13-26-12-14)15-5-6-18(21(30)10-15)19-7-8-23(29-28-19)31-22-11-17-3-2-4-20(27-17)24(22)25/h5-10,12-13,17,20,22,24,27,30H,2-4,11H2,1H3/t17?,20?,22-,24+/m0/s1. The summed E-state index contributed by atoms with van der Waals surface area (Å²) in [4.78, 5) is 4.20. The number of aromatic hydroxyl groups is 1. The van der Waals surface area contributed by atoms with E-state index in [1.807, 2.05) is 25.1 Å². The molecule has 31 heavy (non-hydrogen) atoms. The molecule has 6 nitrogen and oxygen atoms in total. The molecule has 2 aliphatic heterocycles. The minimum Gasteiger partial charge on any atom is -0.507 e. The fourth-order valence-corrected chi connectivity index (χ4v) is 4.60. The zero-order valence-corrected chi connectivity index (χ0v) is 17.3. The van der Waals surface area contributed by atoms with E-state index in [1.165, 1.54) is 0 Å². The Morgan fingerprint density at radius 1 is 1.06 bits per heavy atom. The number of nitrogens with one attached hydrogen (secondary N) is 1. The average Bonchev–Trinajstić information content (AvgIpc) is 2.78. The van der Waals surface area contributed by atoms with Gasteiger partial charge in [0.1, 0.15) is 11.9 Å². The van der Waals surface area contributed by atoms with Crippen LogP contribution in [0.5, 0.6) is 11.6 Å². The number of ether oxygens (including phenoxy) is 1. The zero-order chi connectivity index (χ0) is 21.4. The molecule has 2 unspecified atom stereocenters. The average molecular weight is 420 g/mol. The maximum atomic E-state index is 14.7. The van der Waals surface area contributed by atoms with Gasteiger partial charge in [0.15, 0.2) is 6.17 Å². The summed E-state index contributed by atoms with van der Waals surface area (Å²) in [6, 6.07) is 11.0. The first-order valence-electron chi connectivity index (χ1n) is 10.7. The van der Waals surface area contributed by atoms with E-state index in [0.29, 0.717) is 29.6 Å². The lowest BCUT2D eigenvalue weighted by atomic mass is 9.84. The van der Waals surface area contributed by atoms with E-state index in [1.54, 1.807) is 30.6 Å². The van der Waals surface area contributed by atoms with Crippen LogP contribution in [0.3, 0.4) is 0 Å². The SMILES string of the molecule is Cc1cncc(-c2ccc(-c3ccc(O[C@H]4CC5CCCC(N5)[C@H]4F)nn3)c(O)c2)c1. The quantitative estimate of drug-likeness (QED) is 0.658. The summed E-state index contributed by atoms with van der Waals surface area (Å²) in [7, 11) is 0. The number of nitrogens with zero attached hydrogens (tertiary/aromatic N) is 3. The number of phenolic OH excluding ortho intramolecular Hbond substituents is 1. The normalized spacial score (nSPS) is 25.2. The summed E-state index contributed by atoms with van der Waals surface area (Å²) in [6.07, 6.45) is 5.60. The number of benzene rings is 1. The molecule has 2 saturated heterocycles. The molecule has 7 heteroatoms. The van der Waals surface area contributed by atoms with Crippen molar-refractivity contribution in [1.82, 2.24) is 20.5 Å². The second kappa shape index (κ2) is 8.23. The molecule has 2 aliphatic rings. The number of halogens is 1. The van der Waals surface area contributed by atoms with Crippen LogP contribution in [-0.4, -0.2) is 44.6 Å². The second-order valence-corrected chi connectivity index (χ2v) is 8.48. The molecule has 2 fully saturated rings. The van der Waals surface area contributed by atoms with Gasteiger partial charge in [0.2, 0.25) is 5.88 Å². The summed E-state index contributed by atoms with van der Waals surface area (Å²) in [5.74, 6) is 0.412. The number of aryl methyl sites for hydroxylation is 1. The first-order chi connectivity index (χ1) is 15.1. The van der Waals surface area contributed by atoms with Crippen molar-refractivity contribution < 1.29 is 14.2 Å². The van der Waals surface area contributed by atoms with Crippen LogP contribution in [0.4, 0.5) is 4.39 Å². The Morgan fingerprint density at radius 3 is 2.74 bits per heavy atom. The van der Waals surface area contributed by atoms with Crippen LogP contribution in [-0.2, 0) is 0 Å². The predicted molar refractivity (Wildman–Crippen MR) is 116 cm³/mol. The van der Waals surface area contributed by atoms with Gasteiger partial charge in [0.05, 0.1) is 5.69 Å². The van der Waals surface area contributed by atoms with Gasteiger partial charge in [-0.1, -0.05) is 12.5 Å². The highest BCUT2D eigenvalue weighted by atomic mass is 19.1. The van der Waals surface area contributed by atoms with E-state index in [-0.39, 0.29) is 11.8 Å². The number of phenols is 1. The van der Waals surface area contributed by atoms with Crippen LogP contribution in [0, 0.1) is 6.92 Å². The molecular weight excluding hydrogens is 395 g/mol. The third-order valence-electron chi connectivity index (χ3n) is 6.17. The van der Waals surface area contributed by atoms with Gasteiger partial charge < -0.3 is 15.2 Å². The summed E-state index contributed by atoms with van der Waals surface area (Å²) >= 11 is 0. The molecule has 5 rings (SSSR count). The van der Waals surface area contributed by atoms with Crippen LogP contribution in [0.15, 0.2) is 48.8 Å². The molecule has 2 aromatic heterocycles. The number of hydrogen-bond donors (Lipinski definition) is 2. The molecule has 0 spiro atoms. The molecule has 0 amide bonds. The van der Waals surface area contributed by atoms with Gasteiger partial charge in [-0.15, -0.1) is 10.2 Å². The van der Waals surface area contributed by atoms with Crippen molar-refractivity contribution in [1.29, 1.82) is 0 Å². The van der Waals surface area contributed by atoms with Gasteiger partial charge >= 0.3 is 0 Å². The van der Waals surface area contributed by atoms with Crippen molar-refractivity contribution in [3.63, 3.8) is 0 Å². The van der Waals surface area contributed by atoms with Gasteiger partial charge in [-0.3, -0.25) is 4.98 Å². The van der Waals surface area contributed by atoms with Crippen LogP contribution in [0.25, 0.3) is 22.4 Å². The van der Waals surface area contributed by atoms with Gasteiger partial charge in [0.25, 0.3) is 0 Å². The lowest BCUT2D eigenvalue weighted by Gasteiger charge is -2.42. The molecule has 0 aliphatic carbocycles. The lowest BCUT2D eigenvalue weighted by Crippen LogP contribution is -2.59. The molecular formula is C24H25FN4O2. The van der Waals surface area contributed by atoms with Crippen molar-refractivity contribution in [2.45, 2.75) is 57.0 Å². The van der Waals surface area contributed by atoms with Gasteiger partial charge in [0, 0.05) is 48.1 Å². The molecule has 3 aromatic rings. The molecule has 0 radical (unpaired) electrons. The lowest BCUT2D eigenvalue weighted by molar-refractivity contribution is 0.00652. The number of piperidine rings is 2. The van der Waals surface area contributed by atoms with Crippen molar-refractivity contribution >= 4 is 0 Å². The van der Waals surface area contributed by atoms with Crippen LogP contribution in [0.1, 0.15) is 31.2 Å². The second-order valence-electron chi connectivity index (χ2n) is 8.48. The number of rotatable bonds is 4. The smallest absolute Gasteiger partial charge is 0.233 e. The first-order valence-corrected chi connectivity index (χ1v) is 10.7. The molecule has 2 N–H and O–H groups in total. The van der Waals surface area contributed by atoms with E-state index in [4.69, 9.17) is 4.74 Å². The van der Waals surface area contributed by atoms with E-state index < -0.39 is 12.3 Å². The molecule has 4 atom stereocenters. The Labute approximate surface area is 180 Å². The van der Waals surface area contributed by atoms with Crippen molar-refractivity contribution in [2.75, 3.05) is 0 Å². The monoisotopic (exact) mass is 420 g/mol. The summed E-state index contributed by atoms with van der Waals surface area (Å²) in [6.45, 7) is 1.98. The topological polar surface area (TPSA) is 80.2 Å². The van der Waals surface area contributed by atoms with Crippen LogP contribution in [0.2, 0.25) is 0 Å². The Morgan fingerprint density at radius 2 is 1.97 bits per heavy atom. The molecule has 160 valence electrons. The largest absolute Gasteiger partial charge is 0.507 e. The Kier molecular flexibility index (Phi) is 5.28. The van der Waals surface area contributed by atoms with E-state index in [9.17, 15) is 9.50 Å². The summed E-state index contributed by atoms with van der Waals surface area (Å²) in [5, 5.41) is 22.2. The highest BCUT2D eigenvalue weighted by Gasteiger charge is 2.41. The highest BCUT2D eigenvalue weighted by Crippen LogP contribution is 2.34. The minimum atomic E-state index is -1.05. The zero-order valence-electron chi connectivity index (χ0n) is 17.3. The van der Waals surface area contributed by atoms with Crippen LogP contribution >= 0.6 is 0 Å². The fraction of sp³-hybridized carbons (Fsp3) is 0.375. The Bertz CT molecular complexity index is 1080. The molecule has 0 saturated carbocycles. The van der Waals surface area contributed by atoms with Crippen molar-refractivity contribution in [2.24, 2.45) is 0 Å². The number of fused-ring (bicyclic) bond motifs is 2. The number of aromatic nitrogens is 3. The van der Waals surface area contributed by atoms with Gasteiger partial charge in [-0.25, -0.2) is 4.39 Å². The van der Waals surface area contributed by atoms with E-state index >= 15 is 0 Å². The van der Waals surface area contributed by atoms with Crippen molar-refractivity contribution in [3.8, 4) is 34.0 Å². The molecule has 2 bridgehead atoms. The van der Waals surface area contributed by atoms with E-state index in [2.05, 4.69) is 20.5 Å². The summed E-state index contributed by atoms with van der Waals surface area (Å²) in [5.41, 5.74) is 3.95.